The normalized spacial score (nSPS) is 17.1. The standard InChI is InChI=1S/C21H25N7O2/c1-13(2)27-19(29)7-6-17(25-27)21(30)26-10-8-14(9-11-26)20-23-22-18-12-15-4-3-5-16(15)24-28(18)20/h6-7,12-14H,3-5,8-11H2,1-2H3. The molecule has 156 valence electrons. The summed E-state index contributed by atoms with van der Waals surface area (Å²) in [4.78, 5) is 26.6. The number of aryl methyl sites for hydroxylation is 2. The summed E-state index contributed by atoms with van der Waals surface area (Å²) in [6.07, 6.45) is 4.84. The summed E-state index contributed by atoms with van der Waals surface area (Å²) in [5.74, 6) is 0.969. The van der Waals surface area contributed by atoms with Gasteiger partial charge in [-0.1, -0.05) is 0 Å². The van der Waals surface area contributed by atoms with Crippen LogP contribution in [0, 0.1) is 0 Å². The van der Waals surface area contributed by atoms with E-state index in [2.05, 4.69) is 21.4 Å². The van der Waals surface area contributed by atoms with Crippen LogP contribution >= 0.6 is 0 Å². The molecule has 1 aliphatic heterocycles. The molecule has 3 aromatic rings. The Morgan fingerprint density at radius 1 is 1.10 bits per heavy atom. The molecule has 4 heterocycles. The monoisotopic (exact) mass is 407 g/mol. The molecular formula is C21H25N7O2. The highest BCUT2D eigenvalue weighted by Crippen LogP contribution is 2.29. The first kappa shape index (κ1) is 18.9. The Hall–Kier alpha value is -3.10. The van der Waals surface area contributed by atoms with Crippen LogP contribution in [0.3, 0.4) is 0 Å². The molecular weight excluding hydrogens is 382 g/mol. The van der Waals surface area contributed by atoms with Gasteiger partial charge in [-0.05, 0) is 63.6 Å². The van der Waals surface area contributed by atoms with Gasteiger partial charge >= 0.3 is 0 Å². The summed E-state index contributed by atoms with van der Waals surface area (Å²) in [5.41, 5.74) is 3.37. The zero-order valence-electron chi connectivity index (χ0n) is 17.3. The van der Waals surface area contributed by atoms with Gasteiger partial charge in [0.05, 0.1) is 11.7 Å². The maximum atomic E-state index is 12.9. The molecule has 0 saturated carbocycles. The second kappa shape index (κ2) is 7.30. The van der Waals surface area contributed by atoms with Crippen molar-refractivity contribution in [3.63, 3.8) is 0 Å². The molecule has 0 aromatic carbocycles. The van der Waals surface area contributed by atoms with Crippen LogP contribution in [0.2, 0.25) is 0 Å². The lowest BCUT2D eigenvalue weighted by atomic mass is 9.96. The number of likely N-dealkylation sites (tertiary alicyclic amines) is 1. The fourth-order valence-electron chi connectivity index (χ4n) is 4.46. The average Bonchev–Trinajstić information content (AvgIpc) is 3.38. The number of nitrogens with zero attached hydrogens (tertiary/aromatic N) is 7. The average molecular weight is 407 g/mol. The molecule has 5 rings (SSSR count). The van der Waals surface area contributed by atoms with E-state index in [-0.39, 0.29) is 23.4 Å². The molecule has 0 bridgehead atoms. The van der Waals surface area contributed by atoms with Crippen LogP contribution < -0.4 is 5.56 Å². The van der Waals surface area contributed by atoms with Crippen LogP contribution in [0.15, 0.2) is 23.0 Å². The van der Waals surface area contributed by atoms with Gasteiger partial charge in [-0.15, -0.1) is 10.2 Å². The lowest BCUT2D eigenvalue weighted by Crippen LogP contribution is -2.39. The minimum atomic E-state index is -0.196. The molecule has 9 heteroatoms. The molecule has 0 unspecified atom stereocenters. The van der Waals surface area contributed by atoms with E-state index in [1.165, 1.54) is 22.4 Å². The van der Waals surface area contributed by atoms with Crippen LogP contribution in [-0.2, 0) is 12.8 Å². The van der Waals surface area contributed by atoms with Gasteiger partial charge in [0.2, 0.25) is 0 Å². The molecule has 0 radical (unpaired) electrons. The number of aromatic nitrogens is 6. The van der Waals surface area contributed by atoms with Gasteiger partial charge in [0, 0.05) is 25.1 Å². The third-order valence-electron chi connectivity index (χ3n) is 6.12. The number of amides is 1. The van der Waals surface area contributed by atoms with E-state index in [0.29, 0.717) is 18.8 Å². The number of carbonyl (C=O) groups excluding carboxylic acids is 1. The van der Waals surface area contributed by atoms with Crippen molar-refractivity contribution < 1.29 is 4.79 Å². The Balaban J connectivity index is 1.32. The van der Waals surface area contributed by atoms with Crippen LogP contribution in [0.4, 0.5) is 0 Å². The quantitative estimate of drug-likeness (QED) is 0.656. The van der Waals surface area contributed by atoms with Crippen molar-refractivity contribution in [1.29, 1.82) is 0 Å². The molecule has 0 atom stereocenters. The summed E-state index contributed by atoms with van der Waals surface area (Å²) < 4.78 is 3.25. The van der Waals surface area contributed by atoms with Crippen LogP contribution in [-0.4, -0.2) is 53.5 Å². The van der Waals surface area contributed by atoms with E-state index in [1.807, 2.05) is 23.3 Å². The maximum absolute atomic E-state index is 12.9. The second-order valence-corrected chi connectivity index (χ2v) is 8.46. The molecule has 30 heavy (non-hydrogen) atoms. The topological polar surface area (TPSA) is 98.3 Å². The van der Waals surface area contributed by atoms with Gasteiger partial charge in [0.25, 0.3) is 11.5 Å². The van der Waals surface area contributed by atoms with E-state index < -0.39 is 0 Å². The predicted molar refractivity (Wildman–Crippen MR) is 110 cm³/mol. The van der Waals surface area contributed by atoms with Crippen LogP contribution in [0.25, 0.3) is 5.65 Å². The predicted octanol–water partition coefficient (Wildman–Crippen LogP) is 1.77. The van der Waals surface area contributed by atoms with E-state index >= 15 is 0 Å². The van der Waals surface area contributed by atoms with Gasteiger partial charge in [-0.2, -0.15) is 14.7 Å². The highest BCUT2D eigenvalue weighted by atomic mass is 16.2. The Kier molecular flexibility index (Phi) is 4.60. The van der Waals surface area contributed by atoms with Gasteiger partial charge in [0.15, 0.2) is 11.5 Å². The molecule has 1 saturated heterocycles. The van der Waals surface area contributed by atoms with E-state index in [4.69, 9.17) is 5.10 Å². The third kappa shape index (κ3) is 3.18. The Bertz CT molecular complexity index is 1170. The zero-order valence-corrected chi connectivity index (χ0v) is 17.3. The van der Waals surface area contributed by atoms with Crippen LogP contribution in [0.1, 0.15) is 72.6 Å². The molecule has 2 aliphatic rings. The summed E-state index contributed by atoms with van der Waals surface area (Å²) in [6.45, 7) is 4.98. The van der Waals surface area contributed by atoms with Crippen molar-refractivity contribution in [2.75, 3.05) is 13.1 Å². The van der Waals surface area contributed by atoms with Crippen molar-refractivity contribution in [2.45, 2.75) is 57.9 Å². The Labute approximate surface area is 173 Å². The molecule has 1 aliphatic carbocycles. The van der Waals surface area contributed by atoms with E-state index in [1.54, 1.807) is 0 Å². The van der Waals surface area contributed by atoms with Crippen molar-refractivity contribution >= 4 is 11.6 Å². The second-order valence-electron chi connectivity index (χ2n) is 8.46. The first-order valence-electron chi connectivity index (χ1n) is 10.6. The molecule has 9 nitrogen and oxygen atoms in total. The van der Waals surface area contributed by atoms with Gasteiger partial charge in [0.1, 0.15) is 5.69 Å². The van der Waals surface area contributed by atoms with Crippen LogP contribution in [0.5, 0.6) is 0 Å². The maximum Gasteiger partial charge on any atom is 0.274 e. The van der Waals surface area contributed by atoms with Gasteiger partial charge in [-0.3, -0.25) is 9.59 Å². The number of fused-ring (bicyclic) bond motifs is 2. The van der Waals surface area contributed by atoms with Crippen molar-refractivity contribution in [1.82, 2.24) is 34.5 Å². The fourth-order valence-corrected chi connectivity index (χ4v) is 4.46. The SMILES string of the molecule is CC(C)n1nc(C(=O)N2CCC(c3nnc4cc5c(nn34)CCC5)CC2)ccc1=O. The first-order valence-corrected chi connectivity index (χ1v) is 10.6. The van der Waals surface area contributed by atoms with Gasteiger partial charge in [-0.25, -0.2) is 4.68 Å². The molecule has 1 fully saturated rings. The summed E-state index contributed by atoms with van der Waals surface area (Å²) in [6, 6.07) is 4.96. The smallest absolute Gasteiger partial charge is 0.274 e. The molecule has 0 spiro atoms. The summed E-state index contributed by atoms with van der Waals surface area (Å²) in [5, 5.41) is 17.8. The number of rotatable bonds is 3. The number of piperidine rings is 1. The largest absolute Gasteiger partial charge is 0.337 e. The number of hydrogen-bond donors (Lipinski definition) is 0. The van der Waals surface area contributed by atoms with Gasteiger partial charge < -0.3 is 4.90 Å². The summed E-state index contributed by atoms with van der Waals surface area (Å²) in [7, 11) is 0. The lowest BCUT2D eigenvalue weighted by Gasteiger charge is -2.31. The van der Waals surface area contributed by atoms with Crippen molar-refractivity contribution in [2.24, 2.45) is 0 Å². The lowest BCUT2D eigenvalue weighted by molar-refractivity contribution is 0.0701. The Morgan fingerprint density at radius 2 is 1.90 bits per heavy atom. The highest BCUT2D eigenvalue weighted by Gasteiger charge is 2.29. The minimum Gasteiger partial charge on any atom is -0.337 e. The molecule has 0 N–H and O–H groups in total. The Morgan fingerprint density at radius 3 is 2.67 bits per heavy atom. The molecule has 3 aromatic heterocycles. The zero-order chi connectivity index (χ0) is 20.8. The fraction of sp³-hybridized carbons (Fsp3) is 0.524. The van der Waals surface area contributed by atoms with E-state index in [9.17, 15) is 9.59 Å². The minimum absolute atomic E-state index is 0.0915. The molecule has 1 amide bonds. The first-order chi connectivity index (χ1) is 14.5. The van der Waals surface area contributed by atoms with E-state index in [0.717, 1.165) is 49.3 Å². The third-order valence-corrected chi connectivity index (χ3v) is 6.12. The number of hydrogen-bond acceptors (Lipinski definition) is 6. The van der Waals surface area contributed by atoms with Crippen molar-refractivity contribution in [3.8, 4) is 0 Å². The summed E-state index contributed by atoms with van der Waals surface area (Å²) >= 11 is 0. The highest BCUT2D eigenvalue weighted by molar-refractivity contribution is 5.92. The van der Waals surface area contributed by atoms with Crippen molar-refractivity contribution in [3.05, 3.63) is 51.3 Å². The number of carbonyl (C=O) groups is 1.